The number of nitrogens with zero attached hydrogens (tertiary/aromatic N) is 3. The van der Waals surface area contributed by atoms with Gasteiger partial charge in [-0.15, -0.1) is 0 Å². The van der Waals surface area contributed by atoms with E-state index in [0.29, 0.717) is 12.2 Å². The van der Waals surface area contributed by atoms with E-state index in [1.165, 1.54) is 11.1 Å². The zero-order chi connectivity index (χ0) is 22.0. The largest absolute Gasteiger partial charge is 0.345 e. The molecule has 0 unspecified atom stereocenters. The Morgan fingerprint density at radius 1 is 0.903 bits per heavy atom. The number of pyridine rings is 1. The van der Waals surface area contributed by atoms with Crippen molar-refractivity contribution in [2.75, 3.05) is 0 Å². The fourth-order valence-electron chi connectivity index (χ4n) is 3.48. The number of carbonyl (C=O) groups is 1. The topological polar surface area (TPSA) is 59.8 Å². The van der Waals surface area contributed by atoms with Crippen LogP contribution in [0.4, 0.5) is 0 Å². The number of aromatic nitrogens is 3. The van der Waals surface area contributed by atoms with E-state index in [9.17, 15) is 4.79 Å². The Kier molecular flexibility index (Phi) is 5.67. The molecule has 1 amide bonds. The lowest BCUT2D eigenvalue weighted by Gasteiger charge is -2.11. The number of hydrogen-bond acceptors (Lipinski definition) is 3. The summed E-state index contributed by atoms with van der Waals surface area (Å²) in [5.41, 5.74) is 8.56. The van der Waals surface area contributed by atoms with Crippen LogP contribution in [0.25, 0.3) is 16.9 Å². The summed E-state index contributed by atoms with van der Waals surface area (Å²) in [6.45, 7) is 8.60. The molecule has 0 aliphatic heterocycles. The van der Waals surface area contributed by atoms with Gasteiger partial charge in [-0.05, 0) is 80.3 Å². The van der Waals surface area contributed by atoms with Crippen molar-refractivity contribution in [3.63, 3.8) is 0 Å². The molecule has 156 valence electrons. The summed E-state index contributed by atoms with van der Waals surface area (Å²) in [7, 11) is 0. The lowest BCUT2D eigenvalue weighted by atomic mass is 10.0. The minimum atomic E-state index is -0.186. The summed E-state index contributed by atoms with van der Waals surface area (Å²) in [4.78, 5) is 17.5. The molecule has 0 spiro atoms. The van der Waals surface area contributed by atoms with Gasteiger partial charge in [-0.2, -0.15) is 5.10 Å². The van der Waals surface area contributed by atoms with Crippen molar-refractivity contribution in [2.45, 2.75) is 34.2 Å². The van der Waals surface area contributed by atoms with Crippen LogP contribution in [-0.2, 0) is 6.54 Å². The lowest BCUT2D eigenvalue weighted by Crippen LogP contribution is -2.26. The maximum atomic E-state index is 13.2. The molecule has 2 aromatic heterocycles. The number of carbonyl (C=O) groups excluding carboxylic acids is 1. The van der Waals surface area contributed by atoms with Crippen LogP contribution in [0, 0.1) is 27.7 Å². The van der Waals surface area contributed by atoms with Gasteiger partial charge in [-0.3, -0.25) is 9.78 Å². The molecule has 4 aromatic rings. The monoisotopic (exact) mass is 410 g/mol. The summed E-state index contributed by atoms with van der Waals surface area (Å²) in [6, 6.07) is 19.9. The van der Waals surface area contributed by atoms with Crippen molar-refractivity contribution < 1.29 is 4.79 Å². The lowest BCUT2D eigenvalue weighted by molar-refractivity contribution is 0.0942. The Bertz CT molecular complexity index is 1240. The second-order valence-corrected chi connectivity index (χ2v) is 7.92. The van der Waals surface area contributed by atoms with Gasteiger partial charge in [0.2, 0.25) is 0 Å². The summed E-state index contributed by atoms with van der Waals surface area (Å²) in [5.74, 6) is -0.186. The third kappa shape index (κ3) is 4.40. The van der Waals surface area contributed by atoms with Crippen LogP contribution in [0.3, 0.4) is 0 Å². The van der Waals surface area contributed by atoms with Gasteiger partial charge in [0.15, 0.2) is 0 Å². The normalized spacial score (nSPS) is 10.8. The first-order valence-electron chi connectivity index (χ1n) is 10.4. The standard InChI is InChI=1S/C26H26N4O/c1-17-8-9-19(3)24(13-17)30-25(26(31)28-16-22-7-5-6-12-27-22)15-23(29-30)21-11-10-18(2)20(4)14-21/h5-15H,16H2,1-4H3,(H,28,31). The molecule has 0 bridgehead atoms. The third-order valence-electron chi connectivity index (χ3n) is 5.49. The third-order valence-corrected chi connectivity index (χ3v) is 5.49. The SMILES string of the molecule is Cc1ccc(C)c(-n2nc(-c3ccc(C)c(C)c3)cc2C(=O)NCc2ccccn2)c1. The van der Waals surface area contributed by atoms with Crippen LogP contribution >= 0.6 is 0 Å². The maximum Gasteiger partial charge on any atom is 0.270 e. The Hall–Kier alpha value is -3.73. The summed E-state index contributed by atoms with van der Waals surface area (Å²) < 4.78 is 1.75. The summed E-state index contributed by atoms with van der Waals surface area (Å²) in [5, 5.41) is 7.82. The zero-order valence-electron chi connectivity index (χ0n) is 18.3. The van der Waals surface area contributed by atoms with Crippen LogP contribution in [0.2, 0.25) is 0 Å². The number of rotatable bonds is 5. The minimum absolute atomic E-state index is 0.186. The van der Waals surface area contributed by atoms with E-state index in [1.54, 1.807) is 10.9 Å². The summed E-state index contributed by atoms with van der Waals surface area (Å²) >= 11 is 0. The minimum Gasteiger partial charge on any atom is -0.345 e. The number of benzene rings is 2. The van der Waals surface area contributed by atoms with Gasteiger partial charge in [-0.25, -0.2) is 4.68 Å². The Balaban J connectivity index is 1.76. The molecule has 0 atom stereocenters. The Labute approximate surface area is 182 Å². The number of aryl methyl sites for hydroxylation is 4. The molecule has 0 aliphatic carbocycles. The van der Waals surface area contributed by atoms with Crippen molar-refractivity contribution >= 4 is 5.91 Å². The molecule has 0 fully saturated rings. The molecule has 5 heteroatoms. The average molecular weight is 411 g/mol. The van der Waals surface area contributed by atoms with Gasteiger partial charge in [0, 0.05) is 11.8 Å². The molecule has 0 radical (unpaired) electrons. The maximum absolute atomic E-state index is 13.2. The first kappa shape index (κ1) is 20.5. The van der Waals surface area contributed by atoms with E-state index >= 15 is 0 Å². The highest BCUT2D eigenvalue weighted by atomic mass is 16.2. The second kappa shape index (κ2) is 8.56. The van der Waals surface area contributed by atoms with Gasteiger partial charge >= 0.3 is 0 Å². The van der Waals surface area contributed by atoms with Crippen LogP contribution < -0.4 is 5.32 Å². The highest BCUT2D eigenvalue weighted by molar-refractivity contribution is 5.94. The fraction of sp³-hybridized carbons (Fsp3) is 0.192. The molecule has 1 N–H and O–H groups in total. The molecule has 2 heterocycles. The van der Waals surface area contributed by atoms with Crippen LogP contribution in [0.15, 0.2) is 66.9 Å². The molecule has 0 aliphatic rings. The van der Waals surface area contributed by atoms with Crippen molar-refractivity contribution in [2.24, 2.45) is 0 Å². The van der Waals surface area contributed by atoms with Crippen molar-refractivity contribution in [1.29, 1.82) is 0 Å². The van der Waals surface area contributed by atoms with Crippen LogP contribution in [0.1, 0.15) is 38.4 Å². The second-order valence-electron chi connectivity index (χ2n) is 7.92. The first-order chi connectivity index (χ1) is 14.9. The summed E-state index contributed by atoms with van der Waals surface area (Å²) in [6.07, 6.45) is 1.72. The van der Waals surface area contributed by atoms with Gasteiger partial charge in [-0.1, -0.05) is 30.3 Å². The molecular weight excluding hydrogens is 384 g/mol. The van der Waals surface area contributed by atoms with Gasteiger partial charge in [0.25, 0.3) is 5.91 Å². The average Bonchev–Trinajstić information content (AvgIpc) is 3.22. The zero-order valence-corrected chi connectivity index (χ0v) is 18.3. The predicted molar refractivity (Wildman–Crippen MR) is 123 cm³/mol. The van der Waals surface area contributed by atoms with E-state index < -0.39 is 0 Å². The van der Waals surface area contributed by atoms with Crippen LogP contribution in [0.5, 0.6) is 0 Å². The Morgan fingerprint density at radius 2 is 1.71 bits per heavy atom. The van der Waals surface area contributed by atoms with E-state index in [4.69, 9.17) is 5.10 Å². The van der Waals surface area contributed by atoms with Gasteiger partial charge in [0.05, 0.1) is 23.6 Å². The highest BCUT2D eigenvalue weighted by Crippen LogP contribution is 2.25. The number of nitrogens with one attached hydrogen (secondary N) is 1. The molecule has 0 saturated heterocycles. The van der Waals surface area contributed by atoms with E-state index in [0.717, 1.165) is 33.8 Å². The van der Waals surface area contributed by atoms with E-state index in [-0.39, 0.29) is 5.91 Å². The molecule has 4 rings (SSSR count). The number of hydrogen-bond donors (Lipinski definition) is 1. The van der Waals surface area contributed by atoms with Gasteiger partial charge < -0.3 is 5.32 Å². The quantitative estimate of drug-likeness (QED) is 0.498. The van der Waals surface area contributed by atoms with Gasteiger partial charge in [0.1, 0.15) is 5.69 Å². The molecule has 5 nitrogen and oxygen atoms in total. The van der Waals surface area contributed by atoms with Crippen LogP contribution in [-0.4, -0.2) is 20.7 Å². The van der Waals surface area contributed by atoms with E-state index in [1.807, 2.05) is 44.2 Å². The number of amides is 1. The van der Waals surface area contributed by atoms with Crippen molar-refractivity contribution in [1.82, 2.24) is 20.1 Å². The smallest absolute Gasteiger partial charge is 0.270 e. The molecular formula is C26H26N4O. The van der Waals surface area contributed by atoms with Crippen molar-refractivity contribution in [3.05, 3.63) is 101 Å². The highest BCUT2D eigenvalue weighted by Gasteiger charge is 2.19. The predicted octanol–water partition coefficient (Wildman–Crippen LogP) is 5.10. The molecule has 0 saturated carbocycles. The Morgan fingerprint density at radius 3 is 2.45 bits per heavy atom. The molecule has 31 heavy (non-hydrogen) atoms. The molecule has 2 aromatic carbocycles. The van der Waals surface area contributed by atoms with E-state index in [2.05, 4.69) is 54.5 Å². The fourth-order valence-corrected chi connectivity index (χ4v) is 3.48. The van der Waals surface area contributed by atoms with Crippen molar-refractivity contribution in [3.8, 4) is 16.9 Å². The first-order valence-corrected chi connectivity index (χ1v) is 10.4.